The summed E-state index contributed by atoms with van der Waals surface area (Å²) in [5.74, 6) is -0.692. The van der Waals surface area contributed by atoms with E-state index in [1.54, 1.807) is 30.3 Å². The van der Waals surface area contributed by atoms with Crippen LogP contribution in [-0.2, 0) is 29.0 Å². The third-order valence-corrected chi connectivity index (χ3v) is 7.96. The van der Waals surface area contributed by atoms with E-state index in [1.807, 2.05) is 31.2 Å². The summed E-state index contributed by atoms with van der Waals surface area (Å²) < 4.78 is 29.0. The number of thioether (sulfide) groups is 1. The second-order valence-electron chi connectivity index (χ2n) is 8.03. The summed E-state index contributed by atoms with van der Waals surface area (Å²) in [4.78, 5) is 38.4. The molecule has 1 unspecified atom stereocenters. The summed E-state index contributed by atoms with van der Waals surface area (Å²) in [7, 11) is -3.19. The van der Waals surface area contributed by atoms with Gasteiger partial charge in [0.05, 0.1) is 29.7 Å². The molecule has 182 valence electrons. The van der Waals surface area contributed by atoms with Crippen molar-refractivity contribution in [2.75, 3.05) is 39.8 Å². The van der Waals surface area contributed by atoms with Gasteiger partial charge in [-0.15, -0.1) is 0 Å². The van der Waals surface area contributed by atoms with E-state index in [0.29, 0.717) is 23.5 Å². The molecule has 8 nitrogen and oxygen atoms in total. The molecule has 1 atom stereocenters. The molecule has 0 aromatic heterocycles. The van der Waals surface area contributed by atoms with Crippen molar-refractivity contribution in [3.05, 3.63) is 60.2 Å². The van der Waals surface area contributed by atoms with Crippen molar-refractivity contribution in [3.8, 4) is 0 Å². The summed E-state index contributed by atoms with van der Waals surface area (Å²) >= 11 is 1.29. The molecule has 0 aliphatic carbocycles. The highest BCUT2D eigenvalue weighted by Crippen LogP contribution is 2.24. The molecule has 1 N–H and O–H groups in total. The summed E-state index contributed by atoms with van der Waals surface area (Å²) in [6.45, 7) is 1.50. The molecule has 1 aliphatic rings. The number of rotatable bonds is 10. The molecular weight excluding hydrogens is 476 g/mol. The highest BCUT2D eigenvalue weighted by molar-refractivity contribution is 7.99. The SMILES string of the molecule is Cc1ccc(NC(=O)CSCCC(=O)OCC(=O)N(c2ccccc2)C2CCS(=O)(=O)C2)cc1. The van der Waals surface area contributed by atoms with E-state index in [0.717, 1.165) is 5.56 Å². The van der Waals surface area contributed by atoms with Crippen LogP contribution in [0.25, 0.3) is 0 Å². The molecule has 0 saturated carbocycles. The molecule has 1 fully saturated rings. The summed E-state index contributed by atoms with van der Waals surface area (Å²) in [6.07, 6.45) is 0.400. The Morgan fingerprint density at radius 2 is 1.79 bits per heavy atom. The first kappa shape index (κ1) is 25.8. The first-order valence-corrected chi connectivity index (χ1v) is 13.9. The topological polar surface area (TPSA) is 110 Å². The molecule has 0 radical (unpaired) electrons. The molecule has 0 bridgehead atoms. The predicted octanol–water partition coefficient (Wildman–Crippen LogP) is 2.82. The molecule has 34 heavy (non-hydrogen) atoms. The molecule has 2 aromatic carbocycles. The van der Waals surface area contributed by atoms with E-state index in [-0.39, 0.29) is 29.6 Å². The van der Waals surface area contributed by atoms with Gasteiger partial charge in [-0.2, -0.15) is 11.8 Å². The van der Waals surface area contributed by atoms with E-state index < -0.39 is 34.4 Å². The Bertz CT molecular complexity index is 1100. The number of nitrogens with one attached hydrogen (secondary N) is 1. The Morgan fingerprint density at radius 3 is 2.44 bits per heavy atom. The van der Waals surface area contributed by atoms with Gasteiger partial charge >= 0.3 is 5.97 Å². The Kier molecular flexibility index (Phi) is 9.12. The fraction of sp³-hybridized carbons (Fsp3) is 0.375. The summed E-state index contributed by atoms with van der Waals surface area (Å²) in [5, 5.41) is 2.79. The Morgan fingerprint density at radius 1 is 1.09 bits per heavy atom. The van der Waals surface area contributed by atoms with Crippen molar-refractivity contribution in [1.82, 2.24) is 0 Å². The lowest BCUT2D eigenvalue weighted by molar-refractivity contribution is -0.147. The van der Waals surface area contributed by atoms with Crippen LogP contribution in [0.2, 0.25) is 0 Å². The molecule has 2 aromatic rings. The van der Waals surface area contributed by atoms with E-state index in [2.05, 4.69) is 5.32 Å². The number of nitrogens with zero attached hydrogens (tertiary/aromatic N) is 1. The molecule has 1 heterocycles. The number of anilines is 2. The van der Waals surface area contributed by atoms with Gasteiger partial charge in [0.1, 0.15) is 0 Å². The van der Waals surface area contributed by atoms with Gasteiger partial charge in [-0.1, -0.05) is 35.9 Å². The van der Waals surface area contributed by atoms with Crippen molar-refractivity contribution >= 4 is 50.8 Å². The minimum atomic E-state index is -3.19. The van der Waals surface area contributed by atoms with Crippen LogP contribution in [0.4, 0.5) is 11.4 Å². The largest absolute Gasteiger partial charge is 0.456 e. The zero-order valence-corrected chi connectivity index (χ0v) is 20.6. The fourth-order valence-corrected chi connectivity index (χ4v) is 5.98. The maximum absolute atomic E-state index is 12.9. The normalized spacial score (nSPS) is 16.6. The number of para-hydroxylation sites is 1. The first-order chi connectivity index (χ1) is 16.2. The van der Waals surface area contributed by atoms with Crippen molar-refractivity contribution in [1.29, 1.82) is 0 Å². The average molecular weight is 505 g/mol. The van der Waals surface area contributed by atoms with Gasteiger partial charge < -0.3 is 15.0 Å². The molecule has 1 aliphatic heterocycles. The minimum Gasteiger partial charge on any atom is -0.456 e. The number of hydrogen-bond acceptors (Lipinski definition) is 7. The number of esters is 1. The highest BCUT2D eigenvalue weighted by Gasteiger charge is 2.35. The molecule has 0 spiro atoms. The highest BCUT2D eigenvalue weighted by atomic mass is 32.2. The van der Waals surface area contributed by atoms with Crippen LogP contribution >= 0.6 is 11.8 Å². The van der Waals surface area contributed by atoms with E-state index in [1.165, 1.54) is 16.7 Å². The number of aryl methyl sites for hydroxylation is 1. The van der Waals surface area contributed by atoms with Gasteiger partial charge in [-0.05, 0) is 37.6 Å². The smallest absolute Gasteiger partial charge is 0.307 e. The number of hydrogen-bond donors (Lipinski definition) is 1. The minimum absolute atomic E-state index is 0.0305. The van der Waals surface area contributed by atoms with Crippen LogP contribution in [0.5, 0.6) is 0 Å². The molecule has 10 heteroatoms. The van der Waals surface area contributed by atoms with Crippen LogP contribution in [0.15, 0.2) is 54.6 Å². The van der Waals surface area contributed by atoms with Crippen molar-refractivity contribution in [3.63, 3.8) is 0 Å². The number of ether oxygens (including phenoxy) is 1. The van der Waals surface area contributed by atoms with Crippen LogP contribution in [-0.4, -0.2) is 61.9 Å². The van der Waals surface area contributed by atoms with Crippen LogP contribution in [0.3, 0.4) is 0 Å². The van der Waals surface area contributed by atoms with E-state index in [4.69, 9.17) is 4.74 Å². The molecule has 1 saturated heterocycles. The second kappa shape index (κ2) is 12.0. The monoisotopic (exact) mass is 504 g/mol. The lowest BCUT2D eigenvalue weighted by atomic mass is 10.2. The Hall–Kier alpha value is -2.85. The fourth-order valence-electron chi connectivity index (χ4n) is 3.56. The second-order valence-corrected chi connectivity index (χ2v) is 11.4. The van der Waals surface area contributed by atoms with Gasteiger partial charge in [0.15, 0.2) is 16.4 Å². The van der Waals surface area contributed by atoms with Gasteiger partial charge in [0, 0.05) is 17.1 Å². The lowest BCUT2D eigenvalue weighted by Gasteiger charge is -2.28. The maximum atomic E-state index is 12.9. The zero-order valence-electron chi connectivity index (χ0n) is 18.9. The quantitative estimate of drug-likeness (QED) is 0.391. The molecule has 3 rings (SSSR count). The summed E-state index contributed by atoms with van der Waals surface area (Å²) in [5.41, 5.74) is 2.39. The standard InChI is InChI=1S/C24H28N2O6S2/c1-18-7-9-19(10-8-18)25-22(27)16-33-13-11-24(29)32-15-23(28)26(20-5-3-2-4-6-20)21-12-14-34(30,31)17-21/h2-10,21H,11-17H2,1H3,(H,25,27). The first-order valence-electron chi connectivity index (χ1n) is 10.9. The Balaban J connectivity index is 1.42. The Labute approximate surface area is 204 Å². The van der Waals surface area contributed by atoms with Crippen molar-refractivity contribution in [2.24, 2.45) is 0 Å². The van der Waals surface area contributed by atoms with Crippen LogP contribution < -0.4 is 10.2 Å². The van der Waals surface area contributed by atoms with E-state index in [9.17, 15) is 22.8 Å². The van der Waals surface area contributed by atoms with Crippen molar-refractivity contribution < 1.29 is 27.5 Å². The maximum Gasteiger partial charge on any atom is 0.307 e. The summed E-state index contributed by atoms with van der Waals surface area (Å²) in [6, 6.07) is 15.8. The van der Waals surface area contributed by atoms with Gasteiger partial charge in [0.25, 0.3) is 5.91 Å². The number of carbonyl (C=O) groups excluding carboxylic acids is 3. The zero-order chi connectivity index (χ0) is 24.6. The van der Waals surface area contributed by atoms with E-state index >= 15 is 0 Å². The molecule has 2 amide bonds. The number of carbonyl (C=O) groups is 3. The number of sulfone groups is 1. The van der Waals surface area contributed by atoms with Crippen molar-refractivity contribution in [2.45, 2.75) is 25.8 Å². The van der Waals surface area contributed by atoms with Gasteiger partial charge in [0.2, 0.25) is 5.91 Å². The third-order valence-electron chi connectivity index (χ3n) is 5.25. The van der Waals surface area contributed by atoms with Gasteiger partial charge in [-0.25, -0.2) is 8.42 Å². The van der Waals surface area contributed by atoms with Crippen LogP contribution in [0, 0.1) is 6.92 Å². The van der Waals surface area contributed by atoms with Gasteiger partial charge in [-0.3, -0.25) is 14.4 Å². The number of amides is 2. The predicted molar refractivity (Wildman–Crippen MR) is 134 cm³/mol. The number of benzene rings is 2. The van der Waals surface area contributed by atoms with Crippen LogP contribution in [0.1, 0.15) is 18.4 Å². The molecular formula is C24H28N2O6S2. The average Bonchev–Trinajstić information content (AvgIpc) is 3.16. The lowest BCUT2D eigenvalue weighted by Crippen LogP contribution is -2.43. The third kappa shape index (κ3) is 7.88.